The highest BCUT2D eigenvalue weighted by Crippen LogP contribution is 2.22. The van der Waals surface area contributed by atoms with Crippen LogP contribution in [0.3, 0.4) is 0 Å². The van der Waals surface area contributed by atoms with Crippen molar-refractivity contribution in [2.75, 3.05) is 13.1 Å². The van der Waals surface area contributed by atoms with Gasteiger partial charge in [-0.25, -0.2) is 4.52 Å². The molecule has 1 atom stereocenters. The van der Waals surface area contributed by atoms with Gasteiger partial charge >= 0.3 is 0 Å². The van der Waals surface area contributed by atoms with Crippen LogP contribution in [0, 0.1) is 0 Å². The third-order valence-electron chi connectivity index (χ3n) is 2.96. The molecule has 1 saturated heterocycles. The van der Waals surface area contributed by atoms with Crippen molar-refractivity contribution in [3.05, 3.63) is 36.2 Å². The zero-order valence-electron chi connectivity index (χ0n) is 7.98. The van der Waals surface area contributed by atoms with Gasteiger partial charge in [0, 0.05) is 18.9 Å². The molecule has 0 aromatic carbocycles. The molecular formula is C11H13N3. The Bertz CT molecular complexity index is 440. The van der Waals surface area contributed by atoms with Gasteiger partial charge in [0.15, 0.2) is 0 Å². The number of pyridine rings is 1. The lowest BCUT2D eigenvalue weighted by Gasteiger charge is -2.08. The Morgan fingerprint density at radius 2 is 2.43 bits per heavy atom. The predicted octanol–water partition coefficient (Wildman–Crippen LogP) is 1.41. The lowest BCUT2D eigenvalue weighted by molar-refractivity contribution is 0.760. The Morgan fingerprint density at radius 1 is 1.43 bits per heavy atom. The number of hydrogen-bond donors (Lipinski definition) is 1. The van der Waals surface area contributed by atoms with Crippen molar-refractivity contribution in [1.29, 1.82) is 0 Å². The van der Waals surface area contributed by atoms with E-state index in [2.05, 4.69) is 22.5 Å². The topological polar surface area (TPSA) is 29.3 Å². The fourth-order valence-electron chi connectivity index (χ4n) is 2.13. The van der Waals surface area contributed by atoms with Crippen molar-refractivity contribution in [3.8, 4) is 0 Å². The molecule has 0 saturated carbocycles. The number of rotatable bonds is 1. The van der Waals surface area contributed by atoms with Crippen LogP contribution in [0.4, 0.5) is 0 Å². The summed E-state index contributed by atoms with van der Waals surface area (Å²) in [5, 5.41) is 7.58. The van der Waals surface area contributed by atoms with E-state index in [1.54, 1.807) is 0 Å². The molecule has 2 aromatic heterocycles. The largest absolute Gasteiger partial charge is 0.316 e. The monoisotopic (exact) mass is 187 g/mol. The zero-order valence-corrected chi connectivity index (χ0v) is 7.98. The molecule has 14 heavy (non-hydrogen) atoms. The van der Waals surface area contributed by atoms with E-state index in [9.17, 15) is 0 Å². The first-order valence-corrected chi connectivity index (χ1v) is 5.07. The standard InChI is InChI=1S/C11H13N3/c1-4-12-8-10(1)9-3-6-14-11(7-9)2-5-13-14/h2-3,5-7,10,12H,1,4,8H2. The first-order valence-electron chi connectivity index (χ1n) is 5.07. The minimum atomic E-state index is 0.690. The Hall–Kier alpha value is -1.35. The van der Waals surface area contributed by atoms with Crippen LogP contribution in [-0.2, 0) is 0 Å². The number of nitrogens with one attached hydrogen (secondary N) is 1. The maximum absolute atomic E-state index is 4.19. The van der Waals surface area contributed by atoms with Crippen LogP contribution in [0.5, 0.6) is 0 Å². The minimum absolute atomic E-state index is 0.690. The van der Waals surface area contributed by atoms with E-state index in [-0.39, 0.29) is 0 Å². The fraction of sp³-hybridized carbons (Fsp3) is 0.364. The van der Waals surface area contributed by atoms with Crippen molar-refractivity contribution in [1.82, 2.24) is 14.9 Å². The highest BCUT2D eigenvalue weighted by molar-refractivity contribution is 5.48. The Kier molecular flexibility index (Phi) is 1.77. The van der Waals surface area contributed by atoms with Crippen molar-refractivity contribution in [3.63, 3.8) is 0 Å². The summed E-state index contributed by atoms with van der Waals surface area (Å²) in [6, 6.07) is 6.47. The predicted molar refractivity (Wildman–Crippen MR) is 55.4 cm³/mol. The van der Waals surface area contributed by atoms with Crippen LogP contribution >= 0.6 is 0 Å². The van der Waals surface area contributed by atoms with Gasteiger partial charge in [0.1, 0.15) is 0 Å². The molecule has 0 amide bonds. The molecule has 1 fully saturated rings. The second kappa shape index (κ2) is 3.10. The molecule has 3 nitrogen and oxygen atoms in total. The molecule has 1 aliphatic rings. The molecule has 72 valence electrons. The normalized spacial score (nSPS) is 21.9. The number of fused-ring (bicyclic) bond motifs is 1. The molecule has 2 aromatic rings. The Labute approximate surface area is 82.7 Å². The van der Waals surface area contributed by atoms with Crippen LogP contribution in [0.15, 0.2) is 30.6 Å². The van der Waals surface area contributed by atoms with Gasteiger partial charge in [0.25, 0.3) is 0 Å². The molecule has 3 heteroatoms. The summed E-state index contributed by atoms with van der Waals surface area (Å²) in [5.74, 6) is 0.690. The first-order chi connectivity index (χ1) is 6.93. The minimum Gasteiger partial charge on any atom is -0.316 e. The summed E-state index contributed by atoms with van der Waals surface area (Å²) in [5.41, 5.74) is 2.62. The highest BCUT2D eigenvalue weighted by Gasteiger charge is 2.16. The lowest BCUT2D eigenvalue weighted by Crippen LogP contribution is -2.08. The van der Waals surface area contributed by atoms with Crippen LogP contribution in [0.2, 0.25) is 0 Å². The summed E-state index contributed by atoms with van der Waals surface area (Å²) in [4.78, 5) is 0. The van der Waals surface area contributed by atoms with Gasteiger partial charge < -0.3 is 5.32 Å². The SMILES string of the molecule is c1cc2cc(C3CCNC3)ccn2n1. The first kappa shape index (κ1) is 8.00. The third kappa shape index (κ3) is 1.21. The molecule has 1 N–H and O–H groups in total. The van der Waals surface area contributed by atoms with Crippen molar-refractivity contribution < 1.29 is 0 Å². The average molecular weight is 187 g/mol. The van der Waals surface area contributed by atoms with Gasteiger partial charge in [-0.2, -0.15) is 5.10 Å². The van der Waals surface area contributed by atoms with Gasteiger partial charge in [0.2, 0.25) is 0 Å². The molecule has 3 heterocycles. The second-order valence-electron chi connectivity index (χ2n) is 3.85. The summed E-state index contributed by atoms with van der Waals surface area (Å²) >= 11 is 0. The second-order valence-corrected chi connectivity index (χ2v) is 3.85. The van der Waals surface area contributed by atoms with Crippen molar-refractivity contribution >= 4 is 5.52 Å². The van der Waals surface area contributed by atoms with E-state index >= 15 is 0 Å². The molecule has 1 unspecified atom stereocenters. The van der Waals surface area contributed by atoms with Crippen molar-refractivity contribution in [2.24, 2.45) is 0 Å². The third-order valence-corrected chi connectivity index (χ3v) is 2.96. The fourth-order valence-corrected chi connectivity index (χ4v) is 2.13. The van der Waals surface area contributed by atoms with Crippen LogP contribution in [0.25, 0.3) is 5.52 Å². The quantitative estimate of drug-likeness (QED) is 0.731. The van der Waals surface area contributed by atoms with Gasteiger partial charge in [-0.3, -0.25) is 0 Å². The highest BCUT2D eigenvalue weighted by atomic mass is 15.2. The van der Waals surface area contributed by atoms with E-state index < -0.39 is 0 Å². The zero-order chi connectivity index (χ0) is 9.38. The Morgan fingerprint density at radius 3 is 3.29 bits per heavy atom. The maximum Gasteiger partial charge on any atom is 0.0664 e. The summed E-state index contributed by atoms with van der Waals surface area (Å²) < 4.78 is 1.91. The van der Waals surface area contributed by atoms with Gasteiger partial charge in [0.05, 0.1) is 5.52 Å². The van der Waals surface area contributed by atoms with Gasteiger partial charge in [-0.05, 0) is 42.6 Å². The molecule has 3 rings (SSSR count). The summed E-state index contributed by atoms with van der Waals surface area (Å²) in [6.07, 6.45) is 5.14. The van der Waals surface area contributed by atoms with E-state index in [1.807, 2.05) is 23.0 Å². The molecule has 0 radical (unpaired) electrons. The van der Waals surface area contributed by atoms with E-state index in [0.29, 0.717) is 5.92 Å². The molecule has 1 aliphatic heterocycles. The van der Waals surface area contributed by atoms with Gasteiger partial charge in [-0.1, -0.05) is 0 Å². The number of hydrogen-bond acceptors (Lipinski definition) is 2. The number of aromatic nitrogens is 2. The summed E-state index contributed by atoms with van der Waals surface area (Å²) in [6.45, 7) is 2.26. The molecule has 0 bridgehead atoms. The number of nitrogens with zero attached hydrogens (tertiary/aromatic N) is 2. The van der Waals surface area contributed by atoms with Crippen LogP contribution < -0.4 is 5.32 Å². The Balaban J connectivity index is 2.04. The van der Waals surface area contributed by atoms with Crippen molar-refractivity contribution in [2.45, 2.75) is 12.3 Å². The lowest BCUT2D eigenvalue weighted by atomic mass is 9.99. The molecule has 0 aliphatic carbocycles. The van der Waals surface area contributed by atoms with Crippen LogP contribution in [-0.4, -0.2) is 22.7 Å². The van der Waals surface area contributed by atoms with E-state index in [0.717, 1.165) is 13.1 Å². The molecule has 0 spiro atoms. The smallest absolute Gasteiger partial charge is 0.0664 e. The average Bonchev–Trinajstić information content (AvgIpc) is 2.88. The summed E-state index contributed by atoms with van der Waals surface area (Å²) in [7, 11) is 0. The molecular weight excluding hydrogens is 174 g/mol. The van der Waals surface area contributed by atoms with E-state index in [4.69, 9.17) is 0 Å². The van der Waals surface area contributed by atoms with E-state index in [1.165, 1.54) is 17.5 Å². The maximum atomic E-state index is 4.19. The van der Waals surface area contributed by atoms with Crippen LogP contribution in [0.1, 0.15) is 17.9 Å². The van der Waals surface area contributed by atoms with Gasteiger partial charge in [-0.15, -0.1) is 0 Å².